The van der Waals surface area contributed by atoms with Crippen LogP contribution in [-0.4, -0.2) is 131 Å². The zero-order chi connectivity index (χ0) is 43.1. The van der Waals surface area contributed by atoms with E-state index in [1.807, 2.05) is 11.0 Å². The molecule has 17 nitrogen and oxygen atoms in total. The van der Waals surface area contributed by atoms with E-state index >= 15 is 0 Å². The minimum absolute atomic E-state index is 0.00919. The number of rotatable bonds is 13. The first-order valence-electron chi connectivity index (χ1n) is 21.6. The zero-order valence-electron chi connectivity index (χ0n) is 35.1. The van der Waals surface area contributed by atoms with Gasteiger partial charge in [-0.3, -0.25) is 29.3 Å². The highest BCUT2D eigenvalue weighted by Crippen LogP contribution is 2.40. The summed E-state index contributed by atoms with van der Waals surface area (Å²) in [6.45, 7) is 6.55. The molecule has 4 saturated heterocycles. The number of amides is 5. The van der Waals surface area contributed by atoms with Crippen molar-refractivity contribution in [1.29, 1.82) is 0 Å². The van der Waals surface area contributed by atoms with E-state index in [1.54, 1.807) is 29.1 Å². The predicted octanol–water partition coefficient (Wildman–Crippen LogP) is 5.01. The quantitative estimate of drug-likeness (QED) is 0.185. The van der Waals surface area contributed by atoms with Crippen LogP contribution in [0.25, 0.3) is 5.65 Å². The minimum Gasteiger partial charge on any atom is -0.495 e. The third-order valence-corrected chi connectivity index (χ3v) is 13.4. The van der Waals surface area contributed by atoms with Gasteiger partial charge in [0.2, 0.25) is 5.91 Å². The van der Waals surface area contributed by atoms with Crippen molar-refractivity contribution in [3.05, 3.63) is 59.7 Å². The predicted molar refractivity (Wildman–Crippen MR) is 224 cm³/mol. The highest BCUT2D eigenvalue weighted by Gasteiger charge is 2.49. The van der Waals surface area contributed by atoms with Crippen molar-refractivity contribution in [2.75, 3.05) is 88.3 Å². The van der Waals surface area contributed by atoms with Gasteiger partial charge in [-0.05, 0) is 94.6 Å². The zero-order valence-corrected chi connectivity index (χ0v) is 35.1. The number of fused-ring (bicyclic) bond motifs is 1. The lowest BCUT2D eigenvalue weighted by molar-refractivity contribution is -0.127. The van der Waals surface area contributed by atoms with E-state index in [0.29, 0.717) is 47.6 Å². The van der Waals surface area contributed by atoms with E-state index in [9.17, 15) is 28.0 Å². The molecule has 4 aliphatic heterocycles. The fourth-order valence-corrected chi connectivity index (χ4v) is 9.70. The van der Waals surface area contributed by atoms with Crippen molar-refractivity contribution in [2.45, 2.75) is 63.8 Å². The van der Waals surface area contributed by atoms with Crippen LogP contribution in [0.3, 0.4) is 0 Å². The molecule has 4 aromatic rings. The van der Waals surface area contributed by atoms with Crippen LogP contribution in [0.1, 0.15) is 90.2 Å². The molecular formula is C43H53F2N11O6. The summed E-state index contributed by atoms with van der Waals surface area (Å²) in [7, 11) is 3.65. The molecule has 1 aromatic carbocycles. The van der Waals surface area contributed by atoms with E-state index in [2.05, 4.69) is 37.7 Å². The number of aromatic nitrogens is 5. The number of alkyl halides is 2. The van der Waals surface area contributed by atoms with Gasteiger partial charge < -0.3 is 29.5 Å². The van der Waals surface area contributed by atoms with Crippen LogP contribution in [0, 0.1) is 17.3 Å². The number of hydrogen-bond acceptors (Lipinski definition) is 11. The van der Waals surface area contributed by atoms with Gasteiger partial charge in [-0.25, -0.2) is 23.1 Å². The molecule has 5 fully saturated rings. The average Bonchev–Trinajstić information content (AvgIpc) is 3.87. The molecule has 3 aromatic heterocycles. The first kappa shape index (κ1) is 41.7. The maximum absolute atomic E-state index is 14.3. The molecule has 330 valence electrons. The van der Waals surface area contributed by atoms with Gasteiger partial charge in [-0.2, -0.15) is 10.2 Å². The van der Waals surface area contributed by atoms with Crippen molar-refractivity contribution in [3.63, 3.8) is 0 Å². The Kier molecular flexibility index (Phi) is 11.6. The molecule has 0 radical (unpaired) electrons. The molecule has 0 unspecified atom stereocenters. The van der Waals surface area contributed by atoms with Crippen molar-refractivity contribution >= 4 is 46.6 Å². The van der Waals surface area contributed by atoms with Gasteiger partial charge in [-0.1, -0.05) is 0 Å². The molecule has 0 bridgehead atoms. The lowest BCUT2D eigenvalue weighted by Crippen LogP contribution is -2.66. The number of nitrogens with zero attached hydrogens (tertiary/aromatic N) is 9. The number of halogens is 2. The summed E-state index contributed by atoms with van der Waals surface area (Å²) in [5.74, 6) is 1.16. The SMILES string of the molecule is COc1ccc(C(=O)N2CCC(CCN(C)CC3CCC(n4cc(NC(=O)c5cnn6ccc(N7CC8(COC8)C7)nc56)c(C(F)F)n4)CC3)CC2)cc1N1CCC(=O)NC1=O. The summed E-state index contributed by atoms with van der Waals surface area (Å²) in [5.41, 5.74) is 1.21. The molecule has 19 heteroatoms. The van der Waals surface area contributed by atoms with Gasteiger partial charge in [0.25, 0.3) is 18.2 Å². The Labute approximate surface area is 357 Å². The molecule has 62 heavy (non-hydrogen) atoms. The molecule has 1 saturated carbocycles. The second-order valence-electron chi connectivity index (χ2n) is 17.7. The lowest BCUT2D eigenvalue weighted by atomic mass is 9.78. The summed E-state index contributed by atoms with van der Waals surface area (Å²) < 4.78 is 42.5. The van der Waals surface area contributed by atoms with Crippen LogP contribution in [0.4, 0.5) is 30.8 Å². The van der Waals surface area contributed by atoms with Gasteiger partial charge in [0.05, 0.1) is 49.4 Å². The number of imide groups is 1. The number of anilines is 3. The Bertz CT molecular complexity index is 2320. The maximum Gasteiger partial charge on any atom is 0.328 e. The number of ether oxygens (including phenoxy) is 2. The van der Waals surface area contributed by atoms with Crippen LogP contribution < -0.4 is 25.2 Å². The first-order chi connectivity index (χ1) is 30.0. The van der Waals surface area contributed by atoms with Crippen LogP contribution in [-0.2, 0) is 9.53 Å². The summed E-state index contributed by atoms with van der Waals surface area (Å²) in [4.78, 5) is 63.8. The summed E-state index contributed by atoms with van der Waals surface area (Å²) in [6, 6.07) is 6.34. The number of benzene rings is 1. The second-order valence-corrected chi connectivity index (χ2v) is 17.7. The van der Waals surface area contributed by atoms with Crippen molar-refractivity contribution in [3.8, 4) is 5.75 Å². The van der Waals surface area contributed by atoms with Crippen LogP contribution in [0.5, 0.6) is 5.75 Å². The van der Waals surface area contributed by atoms with Gasteiger partial charge in [0, 0.05) is 63.6 Å². The van der Waals surface area contributed by atoms with Crippen molar-refractivity contribution in [1.82, 2.24) is 39.5 Å². The van der Waals surface area contributed by atoms with Crippen LogP contribution in [0.15, 0.2) is 42.9 Å². The molecule has 1 spiro atoms. The summed E-state index contributed by atoms with van der Waals surface area (Å²) >= 11 is 0. The highest BCUT2D eigenvalue weighted by molar-refractivity contribution is 6.09. The van der Waals surface area contributed by atoms with E-state index in [-0.39, 0.29) is 47.5 Å². The van der Waals surface area contributed by atoms with Crippen molar-refractivity contribution in [2.24, 2.45) is 17.3 Å². The Morgan fingerprint density at radius 3 is 2.52 bits per heavy atom. The topological polar surface area (TPSA) is 172 Å². The summed E-state index contributed by atoms with van der Waals surface area (Å²) in [6.07, 6.45) is 8.32. The summed E-state index contributed by atoms with van der Waals surface area (Å²) in [5, 5.41) is 13.6. The van der Waals surface area contributed by atoms with Gasteiger partial charge in [0.1, 0.15) is 17.1 Å². The Morgan fingerprint density at radius 2 is 1.82 bits per heavy atom. The molecule has 9 rings (SSSR count). The number of hydrogen-bond donors (Lipinski definition) is 2. The third-order valence-electron chi connectivity index (χ3n) is 13.4. The molecule has 1 aliphatic carbocycles. The van der Waals surface area contributed by atoms with E-state index in [4.69, 9.17) is 14.5 Å². The average molecular weight is 858 g/mol. The monoisotopic (exact) mass is 857 g/mol. The third kappa shape index (κ3) is 8.43. The number of methoxy groups -OCH3 is 1. The molecule has 7 heterocycles. The number of carbonyl (C=O) groups is 4. The number of piperidine rings is 1. The Balaban J connectivity index is 0.729. The standard InChI is InChI=1S/C43H53F2N11O6/c1-51(14-9-27-10-15-52(16-11-27)41(59)29-5-8-34(61-2)33(19-29)54-17-13-36(57)49-42(54)60)21-28-3-6-30(7-4-28)56-22-32(37(50-56)38(44)45)47-40(58)31-20-46-55-18-12-35(48-39(31)55)53-23-43(24-53)25-62-26-43/h5,8,12,18-20,22,27-28,30,38H,3-4,6-7,9-11,13-17,21,23-26H2,1-2H3,(H,47,58)(H,49,57,60). The largest absolute Gasteiger partial charge is 0.495 e. The second kappa shape index (κ2) is 17.2. The van der Waals surface area contributed by atoms with Crippen molar-refractivity contribution < 1.29 is 37.4 Å². The maximum atomic E-state index is 14.3. The molecule has 5 aliphatic rings. The normalized spacial score (nSPS) is 21.7. The fourth-order valence-electron chi connectivity index (χ4n) is 9.70. The smallest absolute Gasteiger partial charge is 0.328 e. The van der Waals surface area contributed by atoms with Gasteiger partial charge in [-0.15, -0.1) is 0 Å². The van der Waals surface area contributed by atoms with E-state index in [1.165, 1.54) is 28.9 Å². The number of likely N-dealkylation sites (tertiary alicyclic amines) is 1. The fraction of sp³-hybridized carbons (Fsp3) is 0.558. The number of nitrogens with one attached hydrogen (secondary N) is 2. The van der Waals surface area contributed by atoms with Gasteiger partial charge >= 0.3 is 6.03 Å². The van der Waals surface area contributed by atoms with Gasteiger partial charge in [0.15, 0.2) is 11.3 Å². The minimum atomic E-state index is -2.86. The number of urea groups is 1. The molecular weight excluding hydrogens is 805 g/mol. The molecule has 2 N–H and O–H groups in total. The van der Waals surface area contributed by atoms with Crippen LogP contribution in [0.2, 0.25) is 0 Å². The molecule has 0 atom stereocenters. The number of carbonyl (C=O) groups excluding carboxylic acids is 4. The van der Waals surface area contributed by atoms with E-state index < -0.39 is 24.1 Å². The Morgan fingerprint density at radius 1 is 1.05 bits per heavy atom. The van der Waals surface area contributed by atoms with E-state index in [0.717, 1.165) is 90.2 Å². The first-order valence-corrected chi connectivity index (χ1v) is 21.6. The molecule has 5 amide bonds. The highest BCUT2D eigenvalue weighted by atomic mass is 19.3. The lowest BCUT2D eigenvalue weighted by Gasteiger charge is -2.55. The van der Waals surface area contributed by atoms with Crippen LogP contribution >= 0.6 is 0 Å². The Hall–Kier alpha value is -5.69.